The van der Waals surface area contributed by atoms with Gasteiger partial charge in [-0.1, -0.05) is 62.2 Å². The molecular weight excluding hydrogens is 391 g/mol. The number of benzene rings is 2. The minimum atomic E-state index is -0.605. The van der Waals surface area contributed by atoms with Crippen molar-refractivity contribution < 1.29 is 14.0 Å². The fourth-order valence-electron chi connectivity index (χ4n) is 3.12. The van der Waals surface area contributed by atoms with E-state index in [-0.39, 0.29) is 30.6 Å². The van der Waals surface area contributed by atoms with Gasteiger partial charge in [0.05, 0.1) is 6.42 Å². The number of rotatable bonds is 10. The Balaban J connectivity index is 2.25. The summed E-state index contributed by atoms with van der Waals surface area (Å²) in [6.07, 6.45) is 2.43. The quantitative estimate of drug-likeness (QED) is 0.566. The zero-order valence-electron chi connectivity index (χ0n) is 17.0. The summed E-state index contributed by atoms with van der Waals surface area (Å²) in [6.45, 7) is 4.74. The Bertz CT molecular complexity index is 811. The predicted octanol–water partition coefficient (Wildman–Crippen LogP) is 4.75. The molecule has 0 spiro atoms. The van der Waals surface area contributed by atoms with Gasteiger partial charge in [-0.3, -0.25) is 9.59 Å². The van der Waals surface area contributed by atoms with Gasteiger partial charge in [0.1, 0.15) is 11.9 Å². The molecule has 0 fully saturated rings. The van der Waals surface area contributed by atoms with E-state index in [1.54, 1.807) is 29.2 Å². The number of unbranched alkanes of at least 4 members (excludes halogenated alkanes) is 1. The maximum Gasteiger partial charge on any atom is 0.242 e. The van der Waals surface area contributed by atoms with Crippen molar-refractivity contribution in [1.82, 2.24) is 10.2 Å². The van der Waals surface area contributed by atoms with Gasteiger partial charge in [-0.25, -0.2) is 4.39 Å². The number of hydrogen-bond donors (Lipinski definition) is 1. The van der Waals surface area contributed by atoms with Crippen LogP contribution in [0.15, 0.2) is 48.5 Å². The fraction of sp³-hybridized carbons (Fsp3) is 0.391. The molecule has 1 N–H and O–H groups in total. The van der Waals surface area contributed by atoms with Crippen LogP contribution in [0.1, 0.15) is 44.2 Å². The van der Waals surface area contributed by atoms with Gasteiger partial charge < -0.3 is 10.2 Å². The molecule has 156 valence electrons. The van der Waals surface area contributed by atoms with Crippen LogP contribution >= 0.6 is 11.6 Å². The highest BCUT2D eigenvalue weighted by Gasteiger charge is 2.28. The van der Waals surface area contributed by atoms with Crippen LogP contribution in [-0.4, -0.2) is 29.3 Å². The van der Waals surface area contributed by atoms with Crippen molar-refractivity contribution in [2.75, 3.05) is 6.54 Å². The monoisotopic (exact) mass is 418 g/mol. The second-order valence-corrected chi connectivity index (χ2v) is 7.39. The van der Waals surface area contributed by atoms with E-state index >= 15 is 0 Å². The molecule has 0 heterocycles. The Morgan fingerprint density at radius 2 is 1.79 bits per heavy atom. The van der Waals surface area contributed by atoms with Gasteiger partial charge in [0.25, 0.3) is 0 Å². The molecule has 0 bridgehead atoms. The van der Waals surface area contributed by atoms with Crippen LogP contribution < -0.4 is 5.32 Å². The number of carbonyl (C=O) groups excluding carboxylic acids is 2. The molecule has 0 saturated heterocycles. The van der Waals surface area contributed by atoms with Gasteiger partial charge in [0.2, 0.25) is 11.8 Å². The predicted molar refractivity (Wildman–Crippen MR) is 114 cm³/mol. The van der Waals surface area contributed by atoms with Gasteiger partial charge in [0, 0.05) is 18.1 Å². The number of nitrogens with one attached hydrogen (secondary N) is 1. The molecule has 1 atom stereocenters. The van der Waals surface area contributed by atoms with E-state index in [2.05, 4.69) is 12.2 Å². The Labute approximate surface area is 177 Å². The average molecular weight is 419 g/mol. The zero-order valence-corrected chi connectivity index (χ0v) is 17.7. The van der Waals surface area contributed by atoms with Crippen molar-refractivity contribution in [3.05, 3.63) is 70.5 Å². The number of halogens is 2. The van der Waals surface area contributed by atoms with Crippen LogP contribution in [-0.2, 0) is 22.6 Å². The molecule has 29 heavy (non-hydrogen) atoms. The first-order chi connectivity index (χ1) is 14.0. The van der Waals surface area contributed by atoms with Crippen LogP contribution in [0.25, 0.3) is 0 Å². The van der Waals surface area contributed by atoms with Gasteiger partial charge >= 0.3 is 0 Å². The molecule has 0 aliphatic heterocycles. The fourth-order valence-corrected chi connectivity index (χ4v) is 3.32. The third-order valence-electron chi connectivity index (χ3n) is 4.78. The maximum atomic E-state index is 13.3. The second-order valence-electron chi connectivity index (χ2n) is 6.98. The maximum absolute atomic E-state index is 13.3. The van der Waals surface area contributed by atoms with Gasteiger partial charge in [-0.2, -0.15) is 0 Å². The highest BCUT2D eigenvalue weighted by Crippen LogP contribution is 2.19. The van der Waals surface area contributed by atoms with E-state index in [0.717, 1.165) is 18.4 Å². The third kappa shape index (κ3) is 6.86. The molecule has 0 unspecified atom stereocenters. The normalized spacial score (nSPS) is 11.7. The number of carbonyl (C=O) groups is 2. The highest BCUT2D eigenvalue weighted by molar-refractivity contribution is 6.31. The smallest absolute Gasteiger partial charge is 0.242 e. The van der Waals surface area contributed by atoms with E-state index in [1.807, 2.05) is 19.1 Å². The van der Waals surface area contributed by atoms with Gasteiger partial charge in [-0.05, 0) is 42.2 Å². The molecule has 0 radical (unpaired) electrons. The van der Waals surface area contributed by atoms with Crippen molar-refractivity contribution in [2.24, 2.45) is 0 Å². The molecule has 2 amide bonds. The topological polar surface area (TPSA) is 49.4 Å². The van der Waals surface area contributed by atoms with Crippen LogP contribution in [0.3, 0.4) is 0 Å². The number of nitrogens with zero attached hydrogens (tertiary/aromatic N) is 1. The van der Waals surface area contributed by atoms with E-state index in [4.69, 9.17) is 11.6 Å². The Morgan fingerprint density at radius 3 is 2.41 bits per heavy atom. The SMILES string of the molecule is CCCCNC(=O)[C@@H](CC)N(Cc1ccc(F)cc1)C(=O)Cc1ccccc1Cl. The van der Waals surface area contributed by atoms with Crippen molar-refractivity contribution in [1.29, 1.82) is 0 Å². The summed E-state index contributed by atoms with van der Waals surface area (Å²) in [4.78, 5) is 27.5. The van der Waals surface area contributed by atoms with E-state index in [9.17, 15) is 14.0 Å². The third-order valence-corrected chi connectivity index (χ3v) is 5.15. The first kappa shape index (κ1) is 22.9. The lowest BCUT2D eigenvalue weighted by atomic mass is 10.1. The summed E-state index contributed by atoms with van der Waals surface area (Å²) in [5.74, 6) is -0.706. The molecule has 0 aromatic heterocycles. The minimum absolute atomic E-state index is 0.0968. The van der Waals surface area contributed by atoms with E-state index in [0.29, 0.717) is 23.6 Å². The summed E-state index contributed by atoms with van der Waals surface area (Å²) in [7, 11) is 0. The number of amides is 2. The van der Waals surface area contributed by atoms with Crippen molar-refractivity contribution in [2.45, 2.75) is 52.1 Å². The molecule has 2 aromatic carbocycles. The van der Waals surface area contributed by atoms with E-state index in [1.165, 1.54) is 12.1 Å². The average Bonchev–Trinajstić information content (AvgIpc) is 2.71. The Morgan fingerprint density at radius 1 is 1.10 bits per heavy atom. The minimum Gasteiger partial charge on any atom is -0.354 e. The summed E-state index contributed by atoms with van der Waals surface area (Å²) >= 11 is 6.22. The summed E-state index contributed by atoms with van der Waals surface area (Å²) in [6, 6.07) is 12.5. The van der Waals surface area contributed by atoms with Crippen molar-refractivity contribution in [3.8, 4) is 0 Å². The summed E-state index contributed by atoms with van der Waals surface area (Å²) in [5, 5.41) is 3.44. The summed E-state index contributed by atoms with van der Waals surface area (Å²) < 4.78 is 13.3. The summed E-state index contributed by atoms with van der Waals surface area (Å²) in [5.41, 5.74) is 1.48. The number of hydrogen-bond acceptors (Lipinski definition) is 2. The molecule has 6 heteroatoms. The zero-order chi connectivity index (χ0) is 21.2. The lowest BCUT2D eigenvalue weighted by Crippen LogP contribution is -2.49. The first-order valence-corrected chi connectivity index (χ1v) is 10.4. The van der Waals surface area contributed by atoms with Crippen LogP contribution in [0.2, 0.25) is 5.02 Å². The molecule has 0 aliphatic carbocycles. The van der Waals surface area contributed by atoms with Gasteiger partial charge in [-0.15, -0.1) is 0 Å². The highest BCUT2D eigenvalue weighted by atomic mass is 35.5. The van der Waals surface area contributed by atoms with Crippen LogP contribution in [0, 0.1) is 5.82 Å². The lowest BCUT2D eigenvalue weighted by Gasteiger charge is -2.31. The van der Waals surface area contributed by atoms with E-state index < -0.39 is 6.04 Å². The Hall–Kier alpha value is -2.40. The largest absolute Gasteiger partial charge is 0.354 e. The van der Waals surface area contributed by atoms with Crippen molar-refractivity contribution in [3.63, 3.8) is 0 Å². The van der Waals surface area contributed by atoms with Crippen LogP contribution in [0.4, 0.5) is 4.39 Å². The molecule has 2 aromatic rings. The first-order valence-electron chi connectivity index (χ1n) is 10.0. The standard InChI is InChI=1S/C23H28ClFN2O2/c1-3-5-14-26-23(29)21(4-2)27(16-17-10-12-19(25)13-11-17)22(28)15-18-8-6-7-9-20(18)24/h6-13,21H,3-5,14-16H2,1-2H3,(H,26,29)/t21-/m1/s1. The molecule has 0 aliphatic rings. The molecular formula is C23H28ClFN2O2. The van der Waals surface area contributed by atoms with Gasteiger partial charge in [0.15, 0.2) is 0 Å². The van der Waals surface area contributed by atoms with Crippen molar-refractivity contribution >= 4 is 23.4 Å². The van der Waals surface area contributed by atoms with Crippen LogP contribution in [0.5, 0.6) is 0 Å². The molecule has 2 rings (SSSR count). The Kier molecular flexibility index (Phi) is 9.13. The molecule has 0 saturated carbocycles. The second kappa shape index (κ2) is 11.6. The molecule has 4 nitrogen and oxygen atoms in total. The lowest BCUT2D eigenvalue weighted by molar-refractivity contribution is -0.140.